The highest BCUT2D eigenvalue weighted by Crippen LogP contribution is 2.15. The first-order chi connectivity index (χ1) is 12.8. The largest absolute Gasteiger partial charge is 0.356 e. The molecule has 0 aliphatic rings. The summed E-state index contributed by atoms with van der Waals surface area (Å²) in [6, 6.07) is 10.2. The second kappa shape index (κ2) is 9.03. The number of aryl methyl sites for hydroxylation is 3. The van der Waals surface area contributed by atoms with Crippen LogP contribution in [0.25, 0.3) is 11.0 Å². The van der Waals surface area contributed by atoms with E-state index in [2.05, 4.69) is 55.4 Å². The summed E-state index contributed by atoms with van der Waals surface area (Å²) in [5.41, 5.74) is 2.26. The van der Waals surface area contributed by atoms with Crippen molar-refractivity contribution in [1.29, 1.82) is 0 Å². The molecule has 0 spiro atoms. The number of rotatable bonds is 8. The van der Waals surface area contributed by atoms with E-state index in [1.165, 1.54) is 5.52 Å². The monoisotopic (exact) mass is 353 g/mol. The fraction of sp³-hybridized carbons (Fsp3) is 0.421. The second-order valence-electron chi connectivity index (χ2n) is 6.20. The van der Waals surface area contributed by atoms with E-state index in [4.69, 9.17) is 0 Å². The van der Waals surface area contributed by atoms with Crippen molar-refractivity contribution in [3.63, 3.8) is 0 Å². The molecule has 0 aliphatic carbocycles. The minimum absolute atomic E-state index is 0.845. The van der Waals surface area contributed by atoms with Gasteiger partial charge in [-0.05, 0) is 38.0 Å². The predicted octanol–water partition coefficient (Wildman–Crippen LogP) is 2.19. The maximum absolute atomic E-state index is 4.61. The van der Waals surface area contributed by atoms with Gasteiger partial charge in [0, 0.05) is 45.6 Å². The van der Waals surface area contributed by atoms with Gasteiger partial charge in [-0.15, -0.1) is 0 Å². The van der Waals surface area contributed by atoms with Gasteiger partial charge in [-0.1, -0.05) is 12.1 Å². The Hall–Kier alpha value is -2.83. The van der Waals surface area contributed by atoms with E-state index in [9.17, 15) is 0 Å². The van der Waals surface area contributed by atoms with Gasteiger partial charge in [-0.2, -0.15) is 5.10 Å². The molecule has 0 fully saturated rings. The van der Waals surface area contributed by atoms with Crippen molar-refractivity contribution in [1.82, 2.24) is 30.0 Å². The van der Waals surface area contributed by atoms with Gasteiger partial charge in [0.05, 0.1) is 11.0 Å². The van der Waals surface area contributed by atoms with Gasteiger partial charge in [0.1, 0.15) is 5.82 Å². The molecular weight excluding hydrogens is 326 g/mol. The van der Waals surface area contributed by atoms with Crippen LogP contribution in [0, 0.1) is 6.92 Å². The van der Waals surface area contributed by atoms with E-state index in [1.807, 2.05) is 23.0 Å². The normalized spacial score (nSPS) is 11.8. The minimum Gasteiger partial charge on any atom is -0.356 e. The fourth-order valence-corrected chi connectivity index (χ4v) is 3.02. The van der Waals surface area contributed by atoms with Gasteiger partial charge in [0.15, 0.2) is 5.96 Å². The highest BCUT2D eigenvalue weighted by atomic mass is 15.3. The molecule has 0 atom stereocenters. The first-order valence-electron chi connectivity index (χ1n) is 9.12. The number of fused-ring (bicyclic) bond motifs is 1. The van der Waals surface area contributed by atoms with Crippen molar-refractivity contribution >= 4 is 17.0 Å². The van der Waals surface area contributed by atoms with E-state index in [-0.39, 0.29) is 0 Å². The Labute approximate surface area is 154 Å². The van der Waals surface area contributed by atoms with Crippen LogP contribution in [-0.2, 0) is 13.1 Å². The van der Waals surface area contributed by atoms with Crippen LogP contribution in [0.1, 0.15) is 18.7 Å². The van der Waals surface area contributed by atoms with Crippen LogP contribution in [0.15, 0.2) is 47.7 Å². The van der Waals surface area contributed by atoms with Crippen LogP contribution in [0.2, 0.25) is 0 Å². The molecule has 3 aromatic rings. The predicted molar refractivity (Wildman–Crippen MR) is 105 cm³/mol. The maximum atomic E-state index is 4.61. The highest BCUT2D eigenvalue weighted by molar-refractivity contribution is 5.79. The number of aliphatic imine (C=N–C) groups is 1. The van der Waals surface area contributed by atoms with Crippen LogP contribution in [-0.4, -0.2) is 45.4 Å². The van der Waals surface area contributed by atoms with Gasteiger partial charge < -0.3 is 15.2 Å². The lowest BCUT2D eigenvalue weighted by atomic mass is 10.3. The summed E-state index contributed by atoms with van der Waals surface area (Å²) in [5.74, 6) is 1.91. The molecule has 2 aromatic heterocycles. The van der Waals surface area contributed by atoms with Crippen LogP contribution >= 0.6 is 0 Å². The Bertz CT molecular complexity index is 833. The summed E-state index contributed by atoms with van der Waals surface area (Å²) in [7, 11) is 1.80. The van der Waals surface area contributed by atoms with Crippen LogP contribution in [0.4, 0.5) is 0 Å². The number of aromatic nitrogens is 4. The highest BCUT2D eigenvalue weighted by Gasteiger charge is 2.06. The molecule has 138 valence electrons. The molecule has 0 aliphatic heterocycles. The molecule has 7 heteroatoms. The molecule has 0 amide bonds. The van der Waals surface area contributed by atoms with Crippen molar-refractivity contribution < 1.29 is 0 Å². The molecule has 0 radical (unpaired) electrons. The standard InChI is InChI=1S/C19H27N7/c1-16-24-17-8-3-4-9-18(17)26(16)15-6-11-22-19(20-2)21-10-5-13-25-14-7-12-23-25/h3-4,7-9,12,14H,5-6,10-11,13,15H2,1-2H3,(H2,20,21,22). The average Bonchev–Trinajstić information content (AvgIpc) is 3.28. The molecule has 1 aromatic carbocycles. The van der Waals surface area contributed by atoms with Crippen molar-refractivity contribution in [2.45, 2.75) is 32.9 Å². The topological polar surface area (TPSA) is 72.1 Å². The molecular formula is C19H27N7. The van der Waals surface area contributed by atoms with Crippen molar-refractivity contribution in [2.75, 3.05) is 20.1 Å². The summed E-state index contributed by atoms with van der Waals surface area (Å²) < 4.78 is 4.22. The Morgan fingerprint density at radius 1 is 1.08 bits per heavy atom. The molecule has 0 saturated heterocycles. The van der Waals surface area contributed by atoms with Gasteiger partial charge in [0.2, 0.25) is 0 Å². The van der Waals surface area contributed by atoms with Crippen molar-refractivity contribution in [3.05, 3.63) is 48.5 Å². The third kappa shape index (κ3) is 4.62. The number of hydrogen-bond acceptors (Lipinski definition) is 3. The van der Waals surface area contributed by atoms with E-state index in [0.29, 0.717) is 0 Å². The zero-order chi connectivity index (χ0) is 18.2. The minimum atomic E-state index is 0.845. The van der Waals surface area contributed by atoms with Crippen molar-refractivity contribution in [3.8, 4) is 0 Å². The number of nitrogens with zero attached hydrogens (tertiary/aromatic N) is 5. The Morgan fingerprint density at radius 2 is 1.85 bits per heavy atom. The van der Waals surface area contributed by atoms with Crippen LogP contribution in [0.5, 0.6) is 0 Å². The van der Waals surface area contributed by atoms with Crippen LogP contribution < -0.4 is 10.6 Å². The SMILES string of the molecule is CN=C(NCCCn1cccn1)NCCCn1c(C)nc2ccccc21. The number of imidazole rings is 1. The number of hydrogen-bond donors (Lipinski definition) is 2. The van der Waals surface area contributed by atoms with Gasteiger partial charge in [0.25, 0.3) is 0 Å². The second-order valence-corrected chi connectivity index (χ2v) is 6.20. The quantitative estimate of drug-likeness (QED) is 0.370. The fourth-order valence-electron chi connectivity index (χ4n) is 3.02. The summed E-state index contributed by atoms with van der Waals surface area (Å²) in [5, 5.41) is 10.9. The Balaban J connectivity index is 1.38. The molecule has 7 nitrogen and oxygen atoms in total. The number of nitrogens with one attached hydrogen (secondary N) is 2. The summed E-state index contributed by atoms with van der Waals surface area (Å²) >= 11 is 0. The number of guanidine groups is 1. The molecule has 0 bridgehead atoms. The van der Waals surface area contributed by atoms with Crippen LogP contribution in [0.3, 0.4) is 0 Å². The van der Waals surface area contributed by atoms with Gasteiger partial charge >= 0.3 is 0 Å². The van der Waals surface area contributed by atoms with Gasteiger partial charge in [-0.25, -0.2) is 4.98 Å². The third-order valence-corrected chi connectivity index (χ3v) is 4.34. The first-order valence-corrected chi connectivity index (χ1v) is 9.12. The third-order valence-electron chi connectivity index (χ3n) is 4.34. The zero-order valence-electron chi connectivity index (χ0n) is 15.5. The smallest absolute Gasteiger partial charge is 0.190 e. The summed E-state index contributed by atoms with van der Waals surface area (Å²) in [6.45, 7) is 5.64. The Morgan fingerprint density at radius 3 is 2.58 bits per heavy atom. The maximum Gasteiger partial charge on any atom is 0.190 e. The lowest BCUT2D eigenvalue weighted by molar-refractivity contribution is 0.568. The van der Waals surface area contributed by atoms with Crippen molar-refractivity contribution in [2.24, 2.45) is 4.99 Å². The van der Waals surface area contributed by atoms with E-state index >= 15 is 0 Å². The average molecular weight is 353 g/mol. The number of para-hydroxylation sites is 2. The molecule has 3 rings (SSSR count). The lowest BCUT2D eigenvalue weighted by Gasteiger charge is -2.12. The molecule has 0 unspecified atom stereocenters. The molecule has 0 saturated carbocycles. The van der Waals surface area contributed by atoms with Gasteiger partial charge in [-0.3, -0.25) is 9.67 Å². The van der Waals surface area contributed by atoms with E-state index < -0.39 is 0 Å². The molecule has 2 heterocycles. The van der Waals surface area contributed by atoms with E-state index in [0.717, 1.165) is 56.3 Å². The molecule has 26 heavy (non-hydrogen) atoms. The lowest BCUT2D eigenvalue weighted by Crippen LogP contribution is -2.38. The first kappa shape index (κ1) is 18.0. The summed E-state index contributed by atoms with van der Waals surface area (Å²) in [6.07, 6.45) is 5.80. The van der Waals surface area contributed by atoms with E-state index in [1.54, 1.807) is 13.2 Å². The number of benzene rings is 1. The Kier molecular flexibility index (Phi) is 6.24. The zero-order valence-corrected chi connectivity index (χ0v) is 15.5. The summed E-state index contributed by atoms with van der Waals surface area (Å²) in [4.78, 5) is 8.89. The molecule has 2 N–H and O–H groups in total.